The summed E-state index contributed by atoms with van der Waals surface area (Å²) in [5.41, 5.74) is 2.79. The number of hydrogen-bond donors (Lipinski definition) is 2. The summed E-state index contributed by atoms with van der Waals surface area (Å²) in [7, 11) is 0. The third-order valence-corrected chi connectivity index (χ3v) is 4.13. The predicted molar refractivity (Wildman–Crippen MR) is 87.0 cm³/mol. The summed E-state index contributed by atoms with van der Waals surface area (Å²) in [6, 6.07) is 9.39. The van der Waals surface area contributed by atoms with Gasteiger partial charge in [-0.15, -0.1) is 0 Å². The molecule has 2 N–H and O–H groups in total. The third kappa shape index (κ3) is 6.06. The molecule has 1 aromatic rings. The first-order valence-electron chi connectivity index (χ1n) is 8.14. The van der Waals surface area contributed by atoms with Crippen molar-refractivity contribution in [2.45, 2.75) is 58.9 Å². The van der Waals surface area contributed by atoms with E-state index in [0.717, 1.165) is 19.4 Å². The van der Waals surface area contributed by atoms with Gasteiger partial charge in [0.25, 0.3) is 0 Å². The van der Waals surface area contributed by atoms with Crippen LogP contribution in [0.1, 0.15) is 63.6 Å². The molecule has 2 nitrogen and oxygen atoms in total. The molecule has 0 spiro atoms. The maximum absolute atomic E-state index is 9.02. The zero-order chi connectivity index (χ0) is 14.8. The quantitative estimate of drug-likeness (QED) is 0.675. The van der Waals surface area contributed by atoms with Gasteiger partial charge in [-0.3, -0.25) is 0 Å². The van der Waals surface area contributed by atoms with E-state index in [1.54, 1.807) is 0 Å². The molecule has 0 heterocycles. The van der Waals surface area contributed by atoms with E-state index in [9.17, 15) is 0 Å². The van der Waals surface area contributed by atoms with Crippen LogP contribution in [-0.4, -0.2) is 18.3 Å². The highest BCUT2D eigenvalue weighted by molar-refractivity contribution is 5.24. The Morgan fingerprint density at radius 1 is 1.15 bits per heavy atom. The molecule has 1 rings (SSSR count). The Morgan fingerprint density at radius 3 is 2.40 bits per heavy atom. The second-order valence-electron chi connectivity index (χ2n) is 5.76. The molecule has 0 aliphatic rings. The van der Waals surface area contributed by atoms with Crippen LogP contribution in [-0.2, 0) is 6.42 Å². The van der Waals surface area contributed by atoms with Gasteiger partial charge >= 0.3 is 0 Å². The Balaban J connectivity index is 2.44. The van der Waals surface area contributed by atoms with E-state index in [2.05, 4.69) is 50.4 Å². The van der Waals surface area contributed by atoms with E-state index in [4.69, 9.17) is 5.11 Å². The first-order chi connectivity index (χ1) is 9.71. The van der Waals surface area contributed by atoms with Crippen LogP contribution in [0.15, 0.2) is 24.3 Å². The fraction of sp³-hybridized carbons (Fsp3) is 0.667. The summed E-state index contributed by atoms with van der Waals surface area (Å²) in [4.78, 5) is 0. The van der Waals surface area contributed by atoms with Crippen molar-refractivity contribution in [2.75, 3.05) is 13.2 Å². The van der Waals surface area contributed by atoms with E-state index in [-0.39, 0.29) is 0 Å². The topological polar surface area (TPSA) is 32.3 Å². The summed E-state index contributed by atoms with van der Waals surface area (Å²) in [5.74, 6) is 0.575. The summed E-state index contributed by atoms with van der Waals surface area (Å²) >= 11 is 0. The largest absolute Gasteiger partial charge is 0.396 e. The van der Waals surface area contributed by atoms with Gasteiger partial charge < -0.3 is 10.4 Å². The minimum Gasteiger partial charge on any atom is -0.396 e. The average Bonchev–Trinajstić information content (AvgIpc) is 2.49. The number of rotatable bonds is 10. The molecule has 1 aromatic carbocycles. The van der Waals surface area contributed by atoms with Crippen LogP contribution in [0.3, 0.4) is 0 Å². The van der Waals surface area contributed by atoms with Crippen LogP contribution in [0.4, 0.5) is 0 Å². The van der Waals surface area contributed by atoms with Crippen LogP contribution in [0.2, 0.25) is 0 Å². The summed E-state index contributed by atoms with van der Waals surface area (Å²) in [5, 5.41) is 12.6. The van der Waals surface area contributed by atoms with Gasteiger partial charge in [0.05, 0.1) is 0 Å². The van der Waals surface area contributed by atoms with Crippen LogP contribution in [0, 0.1) is 5.92 Å². The Kier molecular flexibility index (Phi) is 8.56. The number of aliphatic hydroxyl groups excluding tert-OH is 1. The summed E-state index contributed by atoms with van der Waals surface area (Å²) in [6.07, 6.45) is 5.73. The first-order valence-corrected chi connectivity index (χ1v) is 8.14. The highest BCUT2D eigenvalue weighted by Crippen LogP contribution is 2.16. The van der Waals surface area contributed by atoms with E-state index in [1.807, 2.05) is 0 Å². The van der Waals surface area contributed by atoms with Crippen molar-refractivity contribution in [2.24, 2.45) is 5.92 Å². The lowest BCUT2D eigenvalue weighted by molar-refractivity contribution is 0.249. The van der Waals surface area contributed by atoms with Gasteiger partial charge in [-0.2, -0.15) is 0 Å². The van der Waals surface area contributed by atoms with E-state index >= 15 is 0 Å². The second-order valence-corrected chi connectivity index (χ2v) is 5.76. The lowest BCUT2D eigenvalue weighted by Gasteiger charge is -2.19. The molecule has 0 amide bonds. The molecule has 20 heavy (non-hydrogen) atoms. The van der Waals surface area contributed by atoms with Gasteiger partial charge in [-0.1, -0.05) is 51.0 Å². The van der Waals surface area contributed by atoms with Crippen LogP contribution >= 0.6 is 0 Å². The van der Waals surface area contributed by atoms with Crippen molar-refractivity contribution in [3.63, 3.8) is 0 Å². The highest BCUT2D eigenvalue weighted by Gasteiger charge is 2.09. The predicted octanol–water partition coefficient (Wildman–Crippen LogP) is 4.09. The van der Waals surface area contributed by atoms with Crippen LogP contribution < -0.4 is 5.32 Å². The molecule has 0 bridgehead atoms. The minimum atomic E-state index is 0.292. The molecule has 0 aliphatic carbocycles. The molecule has 0 saturated heterocycles. The molecule has 114 valence electrons. The number of aliphatic hydroxyl groups is 1. The van der Waals surface area contributed by atoms with E-state index < -0.39 is 0 Å². The Labute approximate surface area is 124 Å². The number of nitrogens with one attached hydrogen (secondary N) is 1. The van der Waals surface area contributed by atoms with Crippen molar-refractivity contribution in [3.05, 3.63) is 35.4 Å². The number of aryl methyl sites for hydroxylation is 1. The Morgan fingerprint density at radius 2 is 1.85 bits per heavy atom. The van der Waals surface area contributed by atoms with Crippen LogP contribution in [0.25, 0.3) is 0 Å². The molecule has 0 aliphatic heterocycles. The van der Waals surface area contributed by atoms with E-state index in [1.165, 1.54) is 30.4 Å². The van der Waals surface area contributed by atoms with Gasteiger partial charge in [-0.25, -0.2) is 0 Å². The molecule has 0 fully saturated rings. The third-order valence-electron chi connectivity index (χ3n) is 4.13. The number of hydrogen-bond acceptors (Lipinski definition) is 2. The number of benzene rings is 1. The smallest absolute Gasteiger partial charge is 0.0434 e. The van der Waals surface area contributed by atoms with Crippen molar-refractivity contribution >= 4 is 0 Å². The molecule has 0 radical (unpaired) electrons. The van der Waals surface area contributed by atoms with E-state index in [0.29, 0.717) is 18.6 Å². The summed E-state index contributed by atoms with van der Waals surface area (Å²) in [6.45, 7) is 7.91. The molecule has 0 aromatic heterocycles. The molecule has 2 heteroatoms. The van der Waals surface area contributed by atoms with Crippen molar-refractivity contribution < 1.29 is 5.11 Å². The average molecular weight is 277 g/mol. The maximum Gasteiger partial charge on any atom is 0.0434 e. The van der Waals surface area contributed by atoms with Crippen molar-refractivity contribution in [3.8, 4) is 0 Å². The molecule has 0 saturated carbocycles. The molecular weight excluding hydrogens is 246 g/mol. The minimum absolute atomic E-state index is 0.292. The molecule has 2 unspecified atom stereocenters. The zero-order valence-corrected chi connectivity index (χ0v) is 13.4. The first kappa shape index (κ1) is 17.2. The van der Waals surface area contributed by atoms with Crippen molar-refractivity contribution in [1.82, 2.24) is 5.32 Å². The normalized spacial score (nSPS) is 14.2. The van der Waals surface area contributed by atoms with Gasteiger partial charge in [0.2, 0.25) is 0 Å². The van der Waals surface area contributed by atoms with Gasteiger partial charge in [0.15, 0.2) is 0 Å². The standard InChI is InChI=1S/C18H31NO/c1-4-6-7-17-8-10-18(11-9-17)15(3)19-14-16(5-2)12-13-20/h8-11,15-16,19-20H,4-7,12-14H2,1-3H3. The Hall–Kier alpha value is -0.860. The fourth-order valence-electron chi connectivity index (χ4n) is 2.45. The van der Waals surface area contributed by atoms with Crippen molar-refractivity contribution in [1.29, 1.82) is 0 Å². The van der Waals surface area contributed by atoms with Crippen LogP contribution in [0.5, 0.6) is 0 Å². The fourth-order valence-corrected chi connectivity index (χ4v) is 2.45. The molecular formula is C18H31NO. The monoisotopic (exact) mass is 277 g/mol. The van der Waals surface area contributed by atoms with Gasteiger partial charge in [0.1, 0.15) is 0 Å². The maximum atomic E-state index is 9.02. The highest BCUT2D eigenvalue weighted by atomic mass is 16.3. The summed E-state index contributed by atoms with van der Waals surface area (Å²) < 4.78 is 0. The zero-order valence-electron chi connectivity index (χ0n) is 13.4. The second kappa shape index (κ2) is 9.95. The molecule has 2 atom stereocenters. The lowest BCUT2D eigenvalue weighted by Crippen LogP contribution is -2.26. The SMILES string of the molecule is CCCCc1ccc(C(C)NCC(CC)CCO)cc1. The van der Waals surface area contributed by atoms with Gasteiger partial charge in [0, 0.05) is 12.6 Å². The number of unbranched alkanes of at least 4 members (excludes halogenated alkanes) is 1. The lowest BCUT2D eigenvalue weighted by atomic mass is 10.0. The Bertz CT molecular complexity index is 347. The van der Waals surface area contributed by atoms with Gasteiger partial charge in [-0.05, 0) is 49.8 Å².